The van der Waals surface area contributed by atoms with E-state index in [0.29, 0.717) is 13.2 Å². The smallest absolute Gasteiger partial charge is 0.165 e. The molecule has 0 amide bonds. The first kappa shape index (κ1) is 13.5. The van der Waals surface area contributed by atoms with Crippen molar-refractivity contribution in [2.24, 2.45) is 0 Å². The second kappa shape index (κ2) is 6.27. The highest BCUT2D eigenvalue weighted by molar-refractivity contribution is 7.80. The Morgan fingerprint density at radius 1 is 1.28 bits per heavy atom. The number of benzene rings is 1. The number of para-hydroxylation sites is 1. The van der Waals surface area contributed by atoms with Crippen molar-refractivity contribution < 1.29 is 9.47 Å². The minimum absolute atomic E-state index is 0.400. The summed E-state index contributed by atoms with van der Waals surface area (Å²) in [5.41, 5.74) is 1.04. The van der Waals surface area contributed by atoms with Gasteiger partial charge in [0.15, 0.2) is 5.79 Å². The SMILES string of the molecule is CC1(CCCC(=S)Nc2ccccc2)OCCO1. The van der Waals surface area contributed by atoms with E-state index in [1.807, 2.05) is 37.3 Å². The molecule has 0 radical (unpaired) electrons. The van der Waals surface area contributed by atoms with Gasteiger partial charge in [-0.1, -0.05) is 30.4 Å². The van der Waals surface area contributed by atoms with Crippen molar-refractivity contribution in [3.8, 4) is 0 Å². The molecule has 0 aliphatic carbocycles. The Balaban J connectivity index is 1.69. The molecule has 1 aliphatic rings. The van der Waals surface area contributed by atoms with Gasteiger partial charge in [-0.25, -0.2) is 0 Å². The zero-order valence-electron chi connectivity index (χ0n) is 10.6. The summed E-state index contributed by atoms with van der Waals surface area (Å²) in [6.07, 6.45) is 2.70. The van der Waals surface area contributed by atoms with E-state index in [0.717, 1.165) is 29.9 Å². The first-order valence-corrected chi connectivity index (χ1v) is 6.72. The summed E-state index contributed by atoms with van der Waals surface area (Å²) in [5.74, 6) is -0.400. The highest BCUT2D eigenvalue weighted by Crippen LogP contribution is 2.24. The molecule has 1 fully saturated rings. The molecule has 1 heterocycles. The van der Waals surface area contributed by atoms with Gasteiger partial charge in [-0.2, -0.15) is 0 Å². The van der Waals surface area contributed by atoms with Crippen molar-refractivity contribution in [2.75, 3.05) is 18.5 Å². The van der Waals surface area contributed by atoms with Gasteiger partial charge < -0.3 is 14.8 Å². The number of nitrogens with one attached hydrogen (secondary N) is 1. The van der Waals surface area contributed by atoms with Crippen LogP contribution >= 0.6 is 12.2 Å². The van der Waals surface area contributed by atoms with Crippen molar-refractivity contribution in [2.45, 2.75) is 32.0 Å². The Morgan fingerprint density at radius 2 is 1.94 bits per heavy atom. The van der Waals surface area contributed by atoms with Crippen LogP contribution in [0.25, 0.3) is 0 Å². The number of rotatable bonds is 5. The molecule has 0 saturated carbocycles. The molecule has 1 N–H and O–H groups in total. The van der Waals surface area contributed by atoms with Crippen LogP contribution in [0.3, 0.4) is 0 Å². The maximum Gasteiger partial charge on any atom is 0.165 e. The monoisotopic (exact) mass is 265 g/mol. The van der Waals surface area contributed by atoms with E-state index >= 15 is 0 Å². The number of hydrogen-bond donors (Lipinski definition) is 1. The van der Waals surface area contributed by atoms with Crippen LogP contribution in [0.15, 0.2) is 30.3 Å². The van der Waals surface area contributed by atoms with Gasteiger partial charge in [-0.15, -0.1) is 0 Å². The van der Waals surface area contributed by atoms with Crippen molar-refractivity contribution in [1.29, 1.82) is 0 Å². The molecule has 0 atom stereocenters. The lowest BCUT2D eigenvalue weighted by molar-refractivity contribution is -0.147. The van der Waals surface area contributed by atoms with Gasteiger partial charge in [0.2, 0.25) is 0 Å². The lowest BCUT2D eigenvalue weighted by atomic mass is 10.1. The average molecular weight is 265 g/mol. The van der Waals surface area contributed by atoms with E-state index in [2.05, 4.69) is 5.32 Å². The van der Waals surface area contributed by atoms with Gasteiger partial charge in [0, 0.05) is 12.1 Å². The third-order valence-electron chi connectivity index (χ3n) is 2.99. The zero-order chi connectivity index (χ0) is 12.8. The Hall–Kier alpha value is -0.970. The van der Waals surface area contributed by atoms with Crippen LogP contribution in [0.2, 0.25) is 0 Å². The molecule has 2 rings (SSSR count). The third-order valence-corrected chi connectivity index (χ3v) is 3.30. The molecule has 0 bridgehead atoms. The first-order valence-electron chi connectivity index (χ1n) is 6.31. The molecule has 98 valence electrons. The van der Waals surface area contributed by atoms with Crippen molar-refractivity contribution in [1.82, 2.24) is 0 Å². The molecule has 4 heteroatoms. The average Bonchev–Trinajstić information content (AvgIpc) is 2.77. The zero-order valence-corrected chi connectivity index (χ0v) is 11.5. The van der Waals surface area contributed by atoms with Gasteiger partial charge in [-0.05, 0) is 31.9 Å². The lowest BCUT2D eigenvalue weighted by Gasteiger charge is -2.22. The van der Waals surface area contributed by atoms with E-state index in [4.69, 9.17) is 21.7 Å². The third kappa shape index (κ3) is 4.05. The quantitative estimate of drug-likeness (QED) is 0.827. The second-order valence-corrected chi connectivity index (χ2v) is 5.09. The molecule has 0 spiro atoms. The molecule has 1 aromatic carbocycles. The number of ether oxygens (including phenoxy) is 2. The van der Waals surface area contributed by atoms with Crippen LogP contribution in [0.4, 0.5) is 5.69 Å². The minimum atomic E-state index is -0.400. The van der Waals surface area contributed by atoms with E-state index in [-0.39, 0.29) is 0 Å². The van der Waals surface area contributed by atoms with E-state index < -0.39 is 5.79 Å². The fraction of sp³-hybridized carbons (Fsp3) is 0.500. The van der Waals surface area contributed by atoms with Crippen molar-refractivity contribution in [3.63, 3.8) is 0 Å². The predicted octanol–water partition coefficient (Wildman–Crippen LogP) is 3.36. The summed E-state index contributed by atoms with van der Waals surface area (Å²) in [6.45, 7) is 3.39. The molecule has 18 heavy (non-hydrogen) atoms. The van der Waals surface area contributed by atoms with Crippen LogP contribution in [0, 0.1) is 0 Å². The Labute approximate surface area is 113 Å². The Morgan fingerprint density at radius 3 is 2.61 bits per heavy atom. The number of hydrogen-bond acceptors (Lipinski definition) is 3. The molecule has 3 nitrogen and oxygen atoms in total. The largest absolute Gasteiger partial charge is 0.350 e. The minimum Gasteiger partial charge on any atom is -0.350 e. The van der Waals surface area contributed by atoms with Gasteiger partial charge in [0.05, 0.1) is 18.2 Å². The summed E-state index contributed by atoms with van der Waals surface area (Å²) >= 11 is 5.32. The molecule has 1 saturated heterocycles. The van der Waals surface area contributed by atoms with Crippen LogP contribution < -0.4 is 5.32 Å². The van der Waals surface area contributed by atoms with Crippen LogP contribution in [-0.4, -0.2) is 24.0 Å². The molecule has 0 aromatic heterocycles. The predicted molar refractivity (Wildman–Crippen MR) is 76.8 cm³/mol. The standard InChI is InChI=1S/C14H19NO2S/c1-14(16-10-11-17-14)9-5-8-13(18)15-12-6-3-2-4-7-12/h2-4,6-7H,5,8-11H2,1H3,(H,15,18). The fourth-order valence-electron chi connectivity index (χ4n) is 2.02. The highest BCUT2D eigenvalue weighted by atomic mass is 32.1. The summed E-state index contributed by atoms with van der Waals surface area (Å²) < 4.78 is 11.1. The van der Waals surface area contributed by atoms with Gasteiger partial charge in [0.1, 0.15) is 0 Å². The van der Waals surface area contributed by atoms with Crippen LogP contribution in [-0.2, 0) is 9.47 Å². The maximum atomic E-state index is 5.55. The second-order valence-electron chi connectivity index (χ2n) is 4.60. The topological polar surface area (TPSA) is 30.5 Å². The van der Waals surface area contributed by atoms with Gasteiger partial charge in [0.25, 0.3) is 0 Å². The van der Waals surface area contributed by atoms with Gasteiger partial charge >= 0.3 is 0 Å². The van der Waals surface area contributed by atoms with Crippen LogP contribution in [0.1, 0.15) is 26.2 Å². The van der Waals surface area contributed by atoms with Crippen molar-refractivity contribution >= 4 is 22.9 Å². The molecule has 1 aromatic rings. The van der Waals surface area contributed by atoms with Gasteiger partial charge in [-0.3, -0.25) is 0 Å². The summed E-state index contributed by atoms with van der Waals surface area (Å²) in [5, 5.41) is 3.23. The first-order chi connectivity index (χ1) is 8.68. The lowest BCUT2D eigenvalue weighted by Crippen LogP contribution is -2.25. The number of anilines is 1. The molecular weight excluding hydrogens is 246 g/mol. The summed E-state index contributed by atoms with van der Waals surface area (Å²) in [7, 11) is 0. The van der Waals surface area contributed by atoms with E-state index in [1.165, 1.54) is 0 Å². The Kier molecular flexibility index (Phi) is 4.69. The highest BCUT2D eigenvalue weighted by Gasteiger charge is 2.29. The maximum absolute atomic E-state index is 5.55. The fourth-order valence-corrected chi connectivity index (χ4v) is 2.28. The molecule has 1 aliphatic heterocycles. The normalized spacial score (nSPS) is 17.6. The summed E-state index contributed by atoms with van der Waals surface area (Å²) in [4.78, 5) is 0.864. The molecule has 0 unspecified atom stereocenters. The van der Waals surface area contributed by atoms with Crippen molar-refractivity contribution in [3.05, 3.63) is 30.3 Å². The molecular formula is C14H19NO2S. The number of thiocarbonyl (C=S) groups is 1. The van der Waals surface area contributed by atoms with E-state index in [1.54, 1.807) is 0 Å². The van der Waals surface area contributed by atoms with E-state index in [9.17, 15) is 0 Å². The summed E-state index contributed by atoms with van der Waals surface area (Å²) in [6, 6.07) is 10.00. The van der Waals surface area contributed by atoms with Crippen LogP contribution in [0.5, 0.6) is 0 Å². The Bertz CT molecular complexity index is 388.